The van der Waals surface area contributed by atoms with Crippen molar-refractivity contribution in [3.63, 3.8) is 0 Å². The summed E-state index contributed by atoms with van der Waals surface area (Å²) in [6.45, 7) is 0. The van der Waals surface area contributed by atoms with Crippen LogP contribution in [-0.4, -0.2) is 20.8 Å². The van der Waals surface area contributed by atoms with Crippen molar-refractivity contribution in [1.82, 2.24) is 9.97 Å². The van der Waals surface area contributed by atoms with Gasteiger partial charge in [-0.25, -0.2) is 4.98 Å². The quantitative estimate of drug-likeness (QED) is 0.411. The number of anilines is 1. The van der Waals surface area contributed by atoms with Crippen molar-refractivity contribution < 1.29 is 9.72 Å². The Bertz CT molecular complexity index is 1120. The normalized spacial score (nSPS) is 10.8. The number of hydrogen-bond acceptors (Lipinski definition) is 7. The zero-order valence-corrected chi connectivity index (χ0v) is 14.7. The smallest absolute Gasteiger partial charge is 0.270 e. The molecule has 0 bridgehead atoms. The lowest BCUT2D eigenvalue weighted by Crippen LogP contribution is -2.09. The fraction of sp³-hybridized carbons (Fsp3) is 0. The number of pyridine rings is 1. The van der Waals surface area contributed by atoms with E-state index >= 15 is 0 Å². The highest BCUT2D eigenvalue weighted by atomic mass is 32.1. The number of nitro groups is 1. The van der Waals surface area contributed by atoms with Crippen LogP contribution in [-0.2, 0) is 0 Å². The fourth-order valence-corrected chi connectivity index (χ4v) is 4.05. The van der Waals surface area contributed by atoms with E-state index in [1.54, 1.807) is 24.5 Å². The number of nitro benzene ring substituents is 1. The predicted molar refractivity (Wildman–Crippen MR) is 102 cm³/mol. The first-order chi connectivity index (χ1) is 12.6. The minimum atomic E-state index is -0.451. The fourth-order valence-electron chi connectivity index (χ4n) is 2.40. The van der Waals surface area contributed by atoms with E-state index < -0.39 is 4.92 Å². The summed E-state index contributed by atoms with van der Waals surface area (Å²) >= 11 is 2.61. The van der Waals surface area contributed by atoms with Crippen molar-refractivity contribution in [3.8, 4) is 11.3 Å². The Morgan fingerprint density at radius 3 is 2.73 bits per heavy atom. The number of carbonyl (C=O) groups is 1. The molecule has 3 aromatic heterocycles. The largest absolute Gasteiger partial charge is 0.297 e. The van der Waals surface area contributed by atoms with E-state index in [4.69, 9.17) is 0 Å². The molecule has 26 heavy (non-hydrogen) atoms. The number of hydrogen-bond donors (Lipinski definition) is 1. The number of thiophene rings is 1. The van der Waals surface area contributed by atoms with Gasteiger partial charge in [-0.2, -0.15) is 0 Å². The van der Waals surface area contributed by atoms with E-state index in [1.165, 1.54) is 34.8 Å². The Morgan fingerprint density at radius 2 is 1.96 bits per heavy atom. The average Bonchev–Trinajstić information content (AvgIpc) is 3.28. The Morgan fingerprint density at radius 1 is 1.15 bits per heavy atom. The van der Waals surface area contributed by atoms with Crippen LogP contribution in [0.4, 0.5) is 10.8 Å². The Hall–Kier alpha value is -3.17. The van der Waals surface area contributed by atoms with Gasteiger partial charge in [0.05, 0.1) is 15.5 Å². The predicted octanol–water partition coefficient (Wildman–Crippen LogP) is 4.58. The molecule has 3 heterocycles. The molecule has 0 aliphatic carbocycles. The monoisotopic (exact) mass is 382 g/mol. The highest BCUT2D eigenvalue weighted by Gasteiger charge is 2.15. The molecule has 0 radical (unpaired) electrons. The molecule has 0 atom stereocenters. The minimum Gasteiger partial charge on any atom is -0.297 e. The van der Waals surface area contributed by atoms with Gasteiger partial charge < -0.3 is 0 Å². The lowest BCUT2D eigenvalue weighted by molar-refractivity contribution is -0.384. The van der Waals surface area contributed by atoms with Crippen molar-refractivity contribution in [2.75, 3.05) is 5.32 Å². The van der Waals surface area contributed by atoms with Gasteiger partial charge in [0.15, 0.2) is 5.13 Å². The molecule has 0 fully saturated rings. The van der Waals surface area contributed by atoms with Crippen LogP contribution in [0, 0.1) is 10.1 Å². The van der Waals surface area contributed by atoms with Gasteiger partial charge in [0.2, 0.25) is 0 Å². The van der Waals surface area contributed by atoms with E-state index in [0.29, 0.717) is 15.4 Å². The third kappa shape index (κ3) is 3.17. The molecule has 0 saturated heterocycles. The molecule has 0 aliphatic heterocycles. The van der Waals surface area contributed by atoms with Gasteiger partial charge in [-0.15, -0.1) is 22.7 Å². The number of rotatable bonds is 4. The first kappa shape index (κ1) is 16.3. The Kier molecular flexibility index (Phi) is 4.15. The van der Waals surface area contributed by atoms with Gasteiger partial charge in [-0.05, 0) is 24.3 Å². The molecule has 7 nitrogen and oxygen atoms in total. The lowest BCUT2D eigenvalue weighted by atomic mass is 10.2. The molecule has 4 aromatic rings. The van der Waals surface area contributed by atoms with Crippen molar-refractivity contribution in [2.45, 2.75) is 0 Å². The maximum Gasteiger partial charge on any atom is 0.270 e. The first-order valence-electron chi connectivity index (χ1n) is 7.45. The highest BCUT2D eigenvalue weighted by molar-refractivity contribution is 7.21. The van der Waals surface area contributed by atoms with Gasteiger partial charge >= 0.3 is 0 Å². The van der Waals surface area contributed by atoms with Crippen molar-refractivity contribution >= 4 is 49.5 Å². The molecule has 1 amide bonds. The molecule has 1 N–H and O–H groups in total. The average molecular weight is 382 g/mol. The van der Waals surface area contributed by atoms with E-state index in [9.17, 15) is 14.9 Å². The van der Waals surface area contributed by atoms with E-state index in [-0.39, 0.29) is 11.6 Å². The number of nitrogens with one attached hydrogen (secondary N) is 1. The molecule has 128 valence electrons. The summed E-state index contributed by atoms with van der Waals surface area (Å²) in [4.78, 5) is 31.7. The summed E-state index contributed by atoms with van der Waals surface area (Å²) in [5.41, 5.74) is 1.69. The number of benzene rings is 1. The second kappa shape index (κ2) is 6.62. The Labute approximate surface area is 155 Å². The number of thiazole rings is 1. The second-order valence-corrected chi connectivity index (χ2v) is 7.26. The highest BCUT2D eigenvalue weighted by Crippen LogP contribution is 2.30. The van der Waals surface area contributed by atoms with Crippen LogP contribution in [0.3, 0.4) is 0 Å². The maximum atomic E-state index is 12.5. The summed E-state index contributed by atoms with van der Waals surface area (Å²) in [5.74, 6) is -0.288. The number of non-ortho nitro benzene ring substituents is 1. The minimum absolute atomic E-state index is 0.00387. The van der Waals surface area contributed by atoms with Crippen molar-refractivity contribution in [1.29, 1.82) is 0 Å². The first-order valence-corrected chi connectivity index (χ1v) is 9.15. The summed E-state index contributed by atoms with van der Waals surface area (Å²) in [7, 11) is 0. The van der Waals surface area contributed by atoms with Gasteiger partial charge in [0.1, 0.15) is 0 Å². The van der Waals surface area contributed by atoms with Crippen LogP contribution in [0.15, 0.2) is 54.2 Å². The number of carbonyl (C=O) groups excluding carboxylic acids is 1. The SMILES string of the molecule is O=C(Nc1nc(-c2ccncc2)cs1)c1cc2cc([N+](=O)[O-])ccc2s1. The number of amides is 1. The topological polar surface area (TPSA) is 98.0 Å². The van der Waals surface area contributed by atoms with E-state index in [0.717, 1.165) is 16.0 Å². The zero-order valence-electron chi connectivity index (χ0n) is 13.1. The molecule has 0 spiro atoms. The van der Waals surface area contributed by atoms with E-state index in [2.05, 4.69) is 15.3 Å². The van der Waals surface area contributed by atoms with Crippen LogP contribution in [0.25, 0.3) is 21.3 Å². The Balaban J connectivity index is 1.56. The zero-order chi connectivity index (χ0) is 18.1. The number of fused-ring (bicyclic) bond motifs is 1. The summed E-state index contributed by atoms with van der Waals surface area (Å²) in [6, 6.07) is 9.90. The standard InChI is InChI=1S/C17H10N4O3S2/c22-16(15-8-11-7-12(21(23)24)1-2-14(11)26-15)20-17-19-13(9-25-17)10-3-5-18-6-4-10/h1-9H,(H,19,20,22). The number of nitrogens with zero attached hydrogens (tertiary/aromatic N) is 3. The third-order valence-electron chi connectivity index (χ3n) is 3.64. The van der Waals surface area contributed by atoms with Gasteiger partial charge in [-0.3, -0.25) is 25.2 Å². The van der Waals surface area contributed by atoms with Crippen LogP contribution in [0.1, 0.15) is 9.67 Å². The molecule has 0 unspecified atom stereocenters. The van der Waals surface area contributed by atoms with Crippen molar-refractivity contribution in [3.05, 3.63) is 69.2 Å². The number of aromatic nitrogens is 2. The molecule has 0 aliphatic rings. The van der Waals surface area contributed by atoms with Crippen LogP contribution < -0.4 is 5.32 Å². The van der Waals surface area contributed by atoms with Crippen molar-refractivity contribution in [2.24, 2.45) is 0 Å². The van der Waals surface area contributed by atoms with Crippen LogP contribution in [0.2, 0.25) is 0 Å². The van der Waals surface area contributed by atoms with Crippen LogP contribution >= 0.6 is 22.7 Å². The van der Waals surface area contributed by atoms with E-state index in [1.807, 2.05) is 17.5 Å². The second-order valence-electron chi connectivity index (χ2n) is 5.32. The van der Waals surface area contributed by atoms with Gasteiger partial charge in [0, 0.05) is 45.6 Å². The molecular weight excluding hydrogens is 372 g/mol. The molecule has 9 heteroatoms. The summed E-state index contributed by atoms with van der Waals surface area (Å²) in [6.07, 6.45) is 3.37. The van der Waals surface area contributed by atoms with Gasteiger partial charge in [0.25, 0.3) is 11.6 Å². The molecule has 4 rings (SSSR count). The molecule has 1 aromatic carbocycles. The maximum absolute atomic E-state index is 12.5. The van der Waals surface area contributed by atoms with Crippen LogP contribution in [0.5, 0.6) is 0 Å². The van der Waals surface area contributed by atoms with Gasteiger partial charge in [-0.1, -0.05) is 0 Å². The summed E-state index contributed by atoms with van der Waals surface area (Å²) < 4.78 is 0.817. The molecule has 0 saturated carbocycles. The third-order valence-corrected chi connectivity index (χ3v) is 5.51. The summed E-state index contributed by atoms with van der Waals surface area (Å²) in [5, 5.41) is 16.7. The molecular formula is C17H10N4O3S2. The lowest BCUT2D eigenvalue weighted by Gasteiger charge is -1.98.